The molecule has 0 spiro atoms. The van der Waals surface area contributed by atoms with Crippen LogP contribution in [0, 0.1) is 11.3 Å². The number of ether oxygens (including phenoxy) is 3. The van der Waals surface area contributed by atoms with Gasteiger partial charge in [0, 0.05) is 17.6 Å². The molecule has 6 heteroatoms. The van der Waals surface area contributed by atoms with Gasteiger partial charge in [0.25, 0.3) is 6.29 Å². The second-order valence-electron chi connectivity index (χ2n) is 7.85. The summed E-state index contributed by atoms with van der Waals surface area (Å²) in [6.45, 7) is 5.92. The lowest BCUT2D eigenvalue weighted by Crippen LogP contribution is -2.31. The van der Waals surface area contributed by atoms with E-state index in [0.29, 0.717) is 17.6 Å². The Morgan fingerprint density at radius 1 is 1.28 bits per heavy atom. The standard InChI is InChI=1S/C19H22O6/c1-9-6-14(24-17(9)21)23-8-12-10-7-11-13(20)4-5-19(2,3)15(11)16(10)25-18(12)22/h6,8,10,13-14,16,20H,4-5,7H2,1-3H3/b12-8+/t10-,13+,14?,16+/m1/s1. The van der Waals surface area contributed by atoms with Crippen LogP contribution in [0.2, 0.25) is 0 Å². The van der Waals surface area contributed by atoms with E-state index in [1.54, 1.807) is 13.0 Å². The van der Waals surface area contributed by atoms with Gasteiger partial charge in [-0.05, 0) is 42.7 Å². The molecule has 4 rings (SSSR count). The van der Waals surface area contributed by atoms with E-state index in [2.05, 4.69) is 13.8 Å². The second-order valence-corrected chi connectivity index (χ2v) is 7.85. The summed E-state index contributed by atoms with van der Waals surface area (Å²) in [5, 5.41) is 10.4. The molecule has 0 bridgehead atoms. The van der Waals surface area contributed by atoms with E-state index in [0.717, 1.165) is 24.0 Å². The number of aliphatic hydroxyl groups excluding tert-OH is 1. The summed E-state index contributed by atoms with van der Waals surface area (Å²) in [7, 11) is 0. The van der Waals surface area contributed by atoms with Gasteiger partial charge in [0.15, 0.2) is 0 Å². The number of fused-ring (bicyclic) bond motifs is 2. The van der Waals surface area contributed by atoms with Crippen LogP contribution in [-0.2, 0) is 23.8 Å². The third kappa shape index (κ3) is 2.51. The molecule has 4 atom stereocenters. The summed E-state index contributed by atoms with van der Waals surface area (Å²) in [5.41, 5.74) is 2.91. The molecule has 1 unspecified atom stereocenters. The lowest BCUT2D eigenvalue weighted by atomic mass is 9.71. The molecule has 25 heavy (non-hydrogen) atoms. The molecular weight excluding hydrogens is 324 g/mol. The fourth-order valence-corrected chi connectivity index (χ4v) is 4.38. The number of cyclic esters (lactones) is 1. The minimum atomic E-state index is -0.808. The first-order valence-electron chi connectivity index (χ1n) is 8.65. The van der Waals surface area contributed by atoms with Gasteiger partial charge in [-0.15, -0.1) is 0 Å². The zero-order chi connectivity index (χ0) is 17.9. The highest BCUT2D eigenvalue weighted by Crippen LogP contribution is 2.54. The van der Waals surface area contributed by atoms with Crippen LogP contribution in [0.4, 0.5) is 0 Å². The zero-order valence-electron chi connectivity index (χ0n) is 14.6. The lowest BCUT2D eigenvalue weighted by Gasteiger charge is -2.36. The third-order valence-corrected chi connectivity index (χ3v) is 5.74. The van der Waals surface area contributed by atoms with Crippen molar-refractivity contribution in [3.63, 3.8) is 0 Å². The van der Waals surface area contributed by atoms with Crippen molar-refractivity contribution in [1.29, 1.82) is 0 Å². The minimum Gasteiger partial charge on any atom is -0.458 e. The molecule has 0 saturated carbocycles. The Labute approximate surface area is 146 Å². The molecule has 0 amide bonds. The van der Waals surface area contributed by atoms with Crippen LogP contribution < -0.4 is 0 Å². The monoisotopic (exact) mass is 346 g/mol. The van der Waals surface area contributed by atoms with Crippen molar-refractivity contribution >= 4 is 11.9 Å². The number of rotatable bonds is 2. The summed E-state index contributed by atoms with van der Waals surface area (Å²) < 4.78 is 16.1. The SMILES string of the molecule is CC1=CC(O/C=C2/C(=O)O[C@@H]3C4=C(C[C@H]23)[C@@H](O)CCC4(C)C)OC1=O. The van der Waals surface area contributed by atoms with E-state index in [4.69, 9.17) is 14.2 Å². The van der Waals surface area contributed by atoms with Crippen molar-refractivity contribution in [1.82, 2.24) is 0 Å². The Kier molecular flexibility index (Phi) is 3.58. The molecule has 0 aromatic carbocycles. The van der Waals surface area contributed by atoms with Gasteiger partial charge in [0.05, 0.1) is 17.9 Å². The maximum absolute atomic E-state index is 12.3. The van der Waals surface area contributed by atoms with Gasteiger partial charge in [-0.3, -0.25) is 0 Å². The van der Waals surface area contributed by atoms with E-state index in [1.807, 2.05) is 0 Å². The average Bonchev–Trinajstić information content (AvgIpc) is 3.15. The van der Waals surface area contributed by atoms with E-state index in [9.17, 15) is 14.7 Å². The Hall–Kier alpha value is -2.08. The normalized spacial score (nSPS) is 37.6. The maximum atomic E-state index is 12.3. The average molecular weight is 346 g/mol. The lowest BCUT2D eigenvalue weighted by molar-refractivity contribution is -0.152. The van der Waals surface area contributed by atoms with Crippen LogP contribution in [0.25, 0.3) is 0 Å². The third-order valence-electron chi connectivity index (χ3n) is 5.74. The first kappa shape index (κ1) is 16.4. The van der Waals surface area contributed by atoms with E-state index in [-0.39, 0.29) is 17.4 Å². The summed E-state index contributed by atoms with van der Waals surface area (Å²) in [6.07, 6.45) is 3.53. The van der Waals surface area contributed by atoms with Crippen LogP contribution >= 0.6 is 0 Å². The van der Waals surface area contributed by atoms with Crippen molar-refractivity contribution in [3.8, 4) is 0 Å². The number of hydrogen-bond acceptors (Lipinski definition) is 6. The van der Waals surface area contributed by atoms with Gasteiger partial charge in [-0.25, -0.2) is 9.59 Å². The molecule has 2 aliphatic heterocycles. The van der Waals surface area contributed by atoms with Crippen LogP contribution in [0.3, 0.4) is 0 Å². The summed E-state index contributed by atoms with van der Waals surface area (Å²) in [4.78, 5) is 23.7. The quantitative estimate of drug-likeness (QED) is 0.357. The smallest absolute Gasteiger partial charge is 0.338 e. The molecule has 0 aromatic heterocycles. The highest BCUT2D eigenvalue weighted by Gasteiger charge is 2.53. The van der Waals surface area contributed by atoms with Gasteiger partial charge in [0.2, 0.25) is 0 Å². The fourth-order valence-electron chi connectivity index (χ4n) is 4.38. The van der Waals surface area contributed by atoms with Crippen LogP contribution in [0.15, 0.2) is 34.6 Å². The minimum absolute atomic E-state index is 0.0919. The largest absolute Gasteiger partial charge is 0.458 e. The first-order chi connectivity index (χ1) is 11.8. The maximum Gasteiger partial charge on any atom is 0.338 e. The summed E-state index contributed by atoms with van der Waals surface area (Å²) in [5.74, 6) is -0.965. The molecule has 4 aliphatic rings. The van der Waals surface area contributed by atoms with Gasteiger partial charge >= 0.3 is 11.9 Å². The topological polar surface area (TPSA) is 82.1 Å². The zero-order valence-corrected chi connectivity index (χ0v) is 14.6. The van der Waals surface area contributed by atoms with Crippen molar-refractivity contribution in [2.24, 2.45) is 11.3 Å². The molecule has 1 saturated heterocycles. The van der Waals surface area contributed by atoms with Crippen molar-refractivity contribution < 1.29 is 28.9 Å². The van der Waals surface area contributed by atoms with Crippen LogP contribution in [-0.4, -0.2) is 35.5 Å². The van der Waals surface area contributed by atoms with Crippen LogP contribution in [0.5, 0.6) is 0 Å². The predicted molar refractivity (Wildman–Crippen MR) is 86.8 cm³/mol. The highest BCUT2D eigenvalue weighted by atomic mass is 16.7. The molecule has 1 N–H and O–H groups in total. The number of carbonyl (C=O) groups is 2. The molecule has 1 fully saturated rings. The Morgan fingerprint density at radius 3 is 2.72 bits per heavy atom. The molecule has 6 nitrogen and oxygen atoms in total. The van der Waals surface area contributed by atoms with E-state index < -0.39 is 24.3 Å². The van der Waals surface area contributed by atoms with Crippen molar-refractivity contribution in [3.05, 3.63) is 34.6 Å². The van der Waals surface area contributed by atoms with E-state index in [1.165, 1.54) is 6.26 Å². The molecular formula is C19H22O6. The van der Waals surface area contributed by atoms with Crippen molar-refractivity contribution in [2.75, 3.05) is 0 Å². The first-order valence-corrected chi connectivity index (χ1v) is 8.65. The van der Waals surface area contributed by atoms with E-state index >= 15 is 0 Å². The molecule has 2 heterocycles. The Bertz CT molecular complexity index is 741. The fraction of sp³-hybridized carbons (Fsp3) is 0.579. The number of aliphatic hydroxyl groups is 1. The van der Waals surface area contributed by atoms with Gasteiger partial charge in [-0.1, -0.05) is 13.8 Å². The molecule has 2 aliphatic carbocycles. The Balaban J connectivity index is 1.57. The van der Waals surface area contributed by atoms with Gasteiger partial charge in [-0.2, -0.15) is 0 Å². The van der Waals surface area contributed by atoms with Gasteiger partial charge < -0.3 is 19.3 Å². The Morgan fingerprint density at radius 2 is 2.04 bits per heavy atom. The predicted octanol–water partition coefficient (Wildman–Crippen LogP) is 2.14. The number of esters is 2. The number of carbonyl (C=O) groups excluding carboxylic acids is 2. The van der Waals surface area contributed by atoms with Crippen LogP contribution in [0.1, 0.15) is 40.0 Å². The molecule has 0 aromatic rings. The van der Waals surface area contributed by atoms with Gasteiger partial charge in [0.1, 0.15) is 6.10 Å². The summed E-state index contributed by atoms with van der Waals surface area (Å²) in [6, 6.07) is 0. The summed E-state index contributed by atoms with van der Waals surface area (Å²) >= 11 is 0. The molecule has 0 radical (unpaired) electrons. The second kappa shape index (κ2) is 5.46. The number of hydrogen-bond donors (Lipinski definition) is 1. The molecule has 134 valence electrons. The highest BCUT2D eigenvalue weighted by molar-refractivity contribution is 5.92. The van der Waals surface area contributed by atoms with Crippen molar-refractivity contribution in [2.45, 2.75) is 58.5 Å².